The van der Waals surface area contributed by atoms with E-state index in [-0.39, 0.29) is 30.5 Å². The van der Waals surface area contributed by atoms with Crippen LogP contribution in [0.4, 0.5) is 0 Å². The summed E-state index contributed by atoms with van der Waals surface area (Å²) in [6.45, 7) is 2.13. The molecule has 1 aromatic carbocycles. The number of rotatable bonds is 5. The first-order chi connectivity index (χ1) is 11.2. The maximum Gasteiger partial charge on any atom is 0.279 e. The van der Waals surface area contributed by atoms with Gasteiger partial charge in [0.2, 0.25) is 5.91 Å². The number of carbonyl (C=O) groups is 2. The second kappa shape index (κ2) is 7.57. The fourth-order valence-corrected chi connectivity index (χ4v) is 3.14. The molecule has 1 aromatic rings. The molecule has 124 valence electrons. The fourth-order valence-electron chi connectivity index (χ4n) is 3.14. The third-order valence-corrected chi connectivity index (χ3v) is 4.49. The molecule has 0 unspecified atom stereocenters. The molecular weight excluding hydrogens is 294 g/mol. The Bertz CT molecular complexity index is 570. The minimum atomic E-state index is -0.162. The largest absolute Gasteiger partial charge is 0.376 e. The van der Waals surface area contributed by atoms with Gasteiger partial charge in [-0.15, -0.1) is 0 Å². The first-order valence-corrected chi connectivity index (χ1v) is 8.28. The number of benzene rings is 1. The number of quaternary nitrogens is 1. The SMILES string of the molecule is O=C(CNC(=O)[C@@H]1Cc2ccccc2C[NH2+]1)NC[C@@H]1CCCO1. The van der Waals surface area contributed by atoms with E-state index in [1.165, 1.54) is 11.1 Å². The molecule has 6 heteroatoms. The molecule has 0 bridgehead atoms. The number of hydrogen-bond donors (Lipinski definition) is 3. The fraction of sp³-hybridized carbons (Fsp3) is 0.529. The Morgan fingerprint density at radius 2 is 2.04 bits per heavy atom. The highest BCUT2D eigenvalue weighted by Crippen LogP contribution is 2.12. The van der Waals surface area contributed by atoms with E-state index in [9.17, 15) is 9.59 Å². The molecule has 0 radical (unpaired) electrons. The quantitative estimate of drug-likeness (QED) is 0.657. The zero-order chi connectivity index (χ0) is 16.1. The van der Waals surface area contributed by atoms with Gasteiger partial charge in [-0.1, -0.05) is 24.3 Å². The Kier molecular flexibility index (Phi) is 5.25. The van der Waals surface area contributed by atoms with Crippen molar-refractivity contribution in [1.82, 2.24) is 10.6 Å². The molecule has 1 saturated heterocycles. The van der Waals surface area contributed by atoms with Crippen LogP contribution in [0.3, 0.4) is 0 Å². The summed E-state index contributed by atoms with van der Waals surface area (Å²) in [5.41, 5.74) is 2.50. The molecule has 2 aliphatic rings. The van der Waals surface area contributed by atoms with E-state index in [1.807, 2.05) is 17.4 Å². The zero-order valence-electron chi connectivity index (χ0n) is 13.2. The summed E-state index contributed by atoms with van der Waals surface area (Å²) < 4.78 is 5.45. The van der Waals surface area contributed by atoms with E-state index in [1.54, 1.807) is 0 Å². The van der Waals surface area contributed by atoms with Gasteiger partial charge >= 0.3 is 0 Å². The van der Waals surface area contributed by atoms with Crippen molar-refractivity contribution in [2.75, 3.05) is 19.7 Å². The van der Waals surface area contributed by atoms with Gasteiger partial charge in [-0.05, 0) is 18.4 Å². The normalized spacial score (nSPS) is 23.1. The molecule has 3 rings (SSSR count). The second-order valence-corrected chi connectivity index (χ2v) is 6.18. The van der Waals surface area contributed by atoms with E-state index < -0.39 is 0 Å². The average molecular weight is 318 g/mol. The van der Waals surface area contributed by atoms with E-state index in [2.05, 4.69) is 22.8 Å². The molecular formula is C17H24N3O3+. The van der Waals surface area contributed by atoms with E-state index in [0.29, 0.717) is 13.0 Å². The number of ether oxygens (including phenoxy) is 1. The van der Waals surface area contributed by atoms with E-state index in [4.69, 9.17) is 4.74 Å². The smallest absolute Gasteiger partial charge is 0.279 e. The lowest BCUT2D eigenvalue weighted by atomic mass is 9.95. The molecule has 4 N–H and O–H groups in total. The van der Waals surface area contributed by atoms with Crippen LogP contribution in [0.2, 0.25) is 0 Å². The zero-order valence-corrected chi connectivity index (χ0v) is 13.2. The molecule has 0 saturated carbocycles. The number of hydrogen-bond acceptors (Lipinski definition) is 3. The summed E-state index contributed by atoms with van der Waals surface area (Å²) in [5, 5.41) is 7.57. The molecule has 2 amide bonds. The van der Waals surface area contributed by atoms with Crippen molar-refractivity contribution in [2.45, 2.75) is 38.0 Å². The number of nitrogens with one attached hydrogen (secondary N) is 2. The van der Waals surface area contributed by atoms with Crippen molar-refractivity contribution < 1.29 is 19.6 Å². The molecule has 2 atom stereocenters. The number of carbonyl (C=O) groups excluding carboxylic acids is 2. The third-order valence-electron chi connectivity index (χ3n) is 4.49. The number of nitrogens with two attached hydrogens (primary N) is 1. The molecule has 0 aromatic heterocycles. The summed E-state index contributed by atoms with van der Waals surface area (Å²) in [6.07, 6.45) is 2.87. The lowest BCUT2D eigenvalue weighted by Crippen LogP contribution is -2.93. The summed E-state index contributed by atoms with van der Waals surface area (Å²) in [6, 6.07) is 8.02. The van der Waals surface area contributed by atoms with Crippen molar-refractivity contribution in [3.8, 4) is 0 Å². The lowest BCUT2D eigenvalue weighted by molar-refractivity contribution is -0.695. The van der Waals surface area contributed by atoms with Gasteiger partial charge in [0.1, 0.15) is 6.54 Å². The Morgan fingerprint density at radius 3 is 2.83 bits per heavy atom. The van der Waals surface area contributed by atoms with Crippen molar-refractivity contribution >= 4 is 11.8 Å². The Balaban J connectivity index is 1.40. The lowest BCUT2D eigenvalue weighted by Gasteiger charge is -2.22. The first kappa shape index (κ1) is 16.0. The number of fused-ring (bicyclic) bond motifs is 1. The molecule has 6 nitrogen and oxygen atoms in total. The Hall–Kier alpha value is -1.92. The van der Waals surface area contributed by atoms with Crippen LogP contribution in [0.5, 0.6) is 0 Å². The van der Waals surface area contributed by atoms with Crippen molar-refractivity contribution in [2.24, 2.45) is 0 Å². The Labute approximate surface area is 136 Å². The van der Waals surface area contributed by atoms with Crippen LogP contribution in [0.1, 0.15) is 24.0 Å². The van der Waals surface area contributed by atoms with Crippen molar-refractivity contribution in [3.05, 3.63) is 35.4 Å². The minimum Gasteiger partial charge on any atom is -0.376 e. The van der Waals surface area contributed by atoms with Crippen LogP contribution in [-0.4, -0.2) is 43.7 Å². The van der Waals surface area contributed by atoms with Gasteiger partial charge in [0.05, 0.1) is 12.6 Å². The minimum absolute atomic E-state index is 0.0253. The molecule has 2 heterocycles. The highest BCUT2D eigenvalue weighted by molar-refractivity contribution is 5.86. The highest BCUT2D eigenvalue weighted by atomic mass is 16.5. The molecule has 0 aliphatic carbocycles. The van der Waals surface area contributed by atoms with Gasteiger partial charge in [0, 0.05) is 25.1 Å². The van der Waals surface area contributed by atoms with Gasteiger partial charge < -0.3 is 20.7 Å². The van der Waals surface area contributed by atoms with Crippen LogP contribution in [0.15, 0.2) is 24.3 Å². The van der Waals surface area contributed by atoms with Crippen LogP contribution in [0.25, 0.3) is 0 Å². The third kappa shape index (κ3) is 4.30. The highest BCUT2D eigenvalue weighted by Gasteiger charge is 2.27. The second-order valence-electron chi connectivity index (χ2n) is 6.18. The van der Waals surface area contributed by atoms with Gasteiger partial charge in [-0.2, -0.15) is 0 Å². The van der Waals surface area contributed by atoms with Crippen LogP contribution >= 0.6 is 0 Å². The van der Waals surface area contributed by atoms with E-state index in [0.717, 1.165) is 26.0 Å². The average Bonchev–Trinajstić information content (AvgIpc) is 3.11. The summed E-state index contributed by atoms with van der Waals surface area (Å²) >= 11 is 0. The van der Waals surface area contributed by atoms with Gasteiger partial charge in [0.15, 0.2) is 6.04 Å². The van der Waals surface area contributed by atoms with Gasteiger partial charge in [-0.3, -0.25) is 9.59 Å². The van der Waals surface area contributed by atoms with Crippen molar-refractivity contribution in [1.29, 1.82) is 0 Å². The van der Waals surface area contributed by atoms with Gasteiger partial charge in [0.25, 0.3) is 5.91 Å². The van der Waals surface area contributed by atoms with Crippen LogP contribution in [-0.2, 0) is 27.3 Å². The predicted molar refractivity (Wildman–Crippen MR) is 84.6 cm³/mol. The molecule has 23 heavy (non-hydrogen) atoms. The van der Waals surface area contributed by atoms with Crippen LogP contribution in [0, 0.1) is 0 Å². The predicted octanol–water partition coefficient (Wildman–Crippen LogP) is -0.914. The summed E-state index contributed by atoms with van der Waals surface area (Å²) in [4.78, 5) is 24.0. The van der Waals surface area contributed by atoms with Gasteiger partial charge in [-0.25, -0.2) is 0 Å². The maximum absolute atomic E-state index is 12.2. The van der Waals surface area contributed by atoms with Crippen molar-refractivity contribution in [3.63, 3.8) is 0 Å². The summed E-state index contributed by atoms with van der Waals surface area (Å²) in [5.74, 6) is -0.239. The Morgan fingerprint density at radius 1 is 1.22 bits per heavy atom. The standard InChI is InChI=1S/C17H23N3O3/c21-16(19-10-14-6-3-7-23-14)11-20-17(22)15-8-12-4-1-2-5-13(12)9-18-15/h1-2,4-5,14-15,18H,3,6-11H2,(H,19,21)(H,20,22)/p+1/t14-,15-/m0/s1. The van der Waals surface area contributed by atoms with E-state index >= 15 is 0 Å². The first-order valence-electron chi connectivity index (χ1n) is 8.28. The molecule has 1 fully saturated rings. The number of amides is 2. The molecule has 2 aliphatic heterocycles. The molecule has 0 spiro atoms. The topological polar surface area (TPSA) is 84.0 Å². The van der Waals surface area contributed by atoms with Crippen LogP contribution < -0.4 is 16.0 Å². The summed E-state index contributed by atoms with van der Waals surface area (Å²) in [7, 11) is 0. The maximum atomic E-state index is 12.2. The monoisotopic (exact) mass is 318 g/mol.